The molecule has 0 saturated heterocycles. The zero-order valence-electron chi connectivity index (χ0n) is 8.59. The summed E-state index contributed by atoms with van der Waals surface area (Å²) in [6.45, 7) is 4.54. The molecule has 0 heteroatoms. The summed E-state index contributed by atoms with van der Waals surface area (Å²) in [7, 11) is 0. The van der Waals surface area contributed by atoms with Gasteiger partial charge in [0, 0.05) is 0 Å². The van der Waals surface area contributed by atoms with Gasteiger partial charge < -0.3 is 0 Å². The molecule has 1 fully saturated rings. The van der Waals surface area contributed by atoms with Gasteiger partial charge in [0.1, 0.15) is 0 Å². The van der Waals surface area contributed by atoms with Crippen molar-refractivity contribution in [1.29, 1.82) is 0 Å². The Morgan fingerprint density at radius 1 is 1.08 bits per heavy atom. The van der Waals surface area contributed by atoms with Gasteiger partial charge in [-0.25, -0.2) is 0 Å². The number of benzene rings is 1. The van der Waals surface area contributed by atoms with E-state index in [0.717, 1.165) is 11.8 Å². The fourth-order valence-electron chi connectivity index (χ4n) is 2.45. The van der Waals surface area contributed by atoms with Crippen molar-refractivity contribution < 1.29 is 0 Å². The minimum atomic E-state index is 0.834. The van der Waals surface area contributed by atoms with Crippen LogP contribution in [0.1, 0.15) is 43.2 Å². The Kier molecular flexibility index (Phi) is 2.39. The molecule has 1 aromatic carbocycles. The highest BCUT2D eigenvalue weighted by Crippen LogP contribution is 2.38. The molecule has 0 bridgehead atoms. The zero-order chi connectivity index (χ0) is 9.26. The number of rotatable bonds is 1. The molecule has 0 amide bonds. The maximum Gasteiger partial charge on any atom is -0.0136 e. The number of hydrogen-bond donors (Lipinski definition) is 0. The van der Waals surface area contributed by atoms with Gasteiger partial charge in [-0.1, -0.05) is 49.6 Å². The Morgan fingerprint density at radius 3 is 2.31 bits per heavy atom. The first-order chi connectivity index (χ1) is 6.27. The molecule has 13 heavy (non-hydrogen) atoms. The van der Waals surface area contributed by atoms with E-state index in [1.807, 2.05) is 0 Å². The van der Waals surface area contributed by atoms with E-state index >= 15 is 0 Å². The van der Waals surface area contributed by atoms with Gasteiger partial charge >= 0.3 is 0 Å². The highest BCUT2D eigenvalue weighted by atomic mass is 14.3. The first-order valence-corrected chi connectivity index (χ1v) is 5.34. The number of hydrogen-bond acceptors (Lipinski definition) is 0. The van der Waals surface area contributed by atoms with E-state index in [1.165, 1.54) is 24.8 Å². The lowest BCUT2D eigenvalue weighted by Gasteiger charge is -2.15. The zero-order valence-corrected chi connectivity index (χ0v) is 8.59. The van der Waals surface area contributed by atoms with Crippen molar-refractivity contribution in [2.24, 2.45) is 5.92 Å². The molecule has 1 saturated carbocycles. The molecule has 0 aromatic heterocycles. The van der Waals surface area contributed by atoms with E-state index in [-0.39, 0.29) is 0 Å². The molecular formula is C13H18. The van der Waals surface area contributed by atoms with E-state index in [4.69, 9.17) is 0 Å². The minimum Gasteiger partial charge on any atom is -0.0619 e. The van der Waals surface area contributed by atoms with E-state index in [2.05, 4.69) is 38.1 Å². The van der Waals surface area contributed by atoms with Crippen LogP contribution in [0.3, 0.4) is 0 Å². The van der Waals surface area contributed by atoms with Crippen LogP contribution in [0.5, 0.6) is 0 Å². The summed E-state index contributed by atoms with van der Waals surface area (Å²) >= 11 is 0. The van der Waals surface area contributed by atoms with Crippen molar-refractivity contribution in [2.75, 3.05) is 0 Å². The van der Waals surface area contributed by atoms with E-state index in [0.29, 0.717) is 0 Å². The third-order valence-electron chi connectivity index (χ3n) is 3.37. The quantitative estimate of drug-likeness (QED) is 0.605. The van der Waals surface area contributed by atoms with Crippen LogP contribution < -0.4 is 0 Å². The van der Waals surface area contributed by atoms with Crippen LogP contribution in [0.15, 0.2) is 24.3 Å². The summed E-state index contributed by atoms with van der Waals surface area (Å²) in [5.41, 5.74) is 2.92. The molecule has 0 spiro atoms. The molecule has 0 unspecified atom stereocenters. The minimum absolute atomic E-state index is 0.834. The molecule has 2 rings (SSSR count). The summed E-state index contributed by atoms with van der Waals surface area (Å²) in [5.74, 6) is 1.73. The van der Waals surface area contributed by atoms with Gasteiger partial charge in [-0.05, 0) is 30.7 Å². The highest BCUT2D eigenvalue weighted by molar-refractivity contribution is 5.25. The second-order valence-corrected chi connectivity index (χ2v) is 4.43. The average molecular weight is 174 g/mol. The van der Waals surface area contributed by atoms with Crippen molar-refractivity contribution in [3.63, 3.8) is 0 Å². The van der Waals surface area contributed by atoms with Gasteiger partial charge in [-0.3, -0.25) is 0 Å². The Morgan fingerprint density at radius 2 is 1.77 bits per heavy atom. The van der Waals surface area contributed by atoms with Gasteiger partial charge in [-0.2, -0.15) is 0 Å². The van der Waals surface area contributed by atoms with Crippen molar-refractivity contribution in [2.45, 2.75) is 39.0 Å². The maximum absolute atomic E-state index is 2.39. The molecule has 0 radical (unpaired) electrons. The predicted molar refractivity (Wildman–Crippen MR) is 56.9 cm³/mol. The Labute approximate surface area is 81.0 Å². The van der Waals surface area contributed by atoms with Crippen molar-refractivity contribution in [3.05, 3.63) is 35.4 Å². The van der Waals surface area contributed by atoms with Gasteiger partial charge in [0.15, 0.2) is 0 Å². The summed E-state index contributed by atoms with van der Waals surface area (Å²) in [6, 6.07) is 9.09. The van der Waals surface area contributed by atoms with Gasteiger partial charge in [0.2, 0.25) is 0 Å². The molecule has 0 nitrogen and oxygen atoms in total. The van der Waals surface area contributed by atoms with Crippen LogP contribution in [0.2, 0.25) is 0 Å². The average Bonchev–Trinajstić information content (AvgIpc) is 2.53. The summed E-state index contributed by atoms with van der Waals surface area (Å²) in [5, 5.41) is 0. The van der Waals surface area contributed by atoms with E-state index in [1.54, 1.807) is 5.56 Å². The molecule has 70 valence electrons. The maximum atomic E-state index is 2.39. The lowest BCUT2D eigenvalue weighted by molar-refractivity contribution is 0.533. The molecule has 0 N–H and O–H groups in total. The van der Waals surface area contributed by atoms with Crippen LogP contribution in [0.4, 0.5) is 0 Å². The normalized spacial score (nSPS) is 27.8. The molecule has 2 atom stereocenters. The second-order valence-electron chi connectivity index (χ2n) is 4.43. The Hall–Kier alpha value is -0.780. The summed E-state index contributed by atoms with van der Waals surface area (Å²) in [4.78, 5) is 0. The molecule has 1 aliphatic rings. The molecular weight excluding hydrogens is 156 g/mol. The van der Waals surface area contributed by atoms with Crippen LogP contribution in [-0.4, -0.2) is 0 Å². The lowest BCUT2D eigenvalue weighted by atomic mass is 9.90. The summed E-state index contributed by atoms with van der Waals surface area (Å²) < 4.78 is 0. The second kappa shape index (κ2) is 3.53. The lowest BCUT2D eigenvalue weighted by Crippen LogP contribution is -2.01. The van der Waals surface area contributed by atoms with E-state index in [9.17, 15) is 0 Å². The predicted octanol–water partition coefficient (Wildman–Crippen LogP) is 3.90. The third kappa shape index (κ3) is 1.77. The molecule has 0 heterocycles. The number of aryl methyl sites for hydroxylation is 1. The van der Waals surface area contributed by atoms with Crippen LogP contribution in [-0.2, 0) is 0 Å². The topological polar surface area (TPSA) is 0 Å². The fraction of sp³-hybridized carbons (Fsp3) is 0.538. The molecule has 1 aliphatic carbocycles. The van der Waals surface area contributed by atoms with Crippen LogP contribution in [0.25, 0.3) is 0 Å². The van der Waals surface area contributed by atoms with Gasteiger partial charge in [0.05, 0.1) is 0 Å². The standard InChI is InChI=1S/C13H18/c1-10-6-8-12(9-7-10)13-5-3-4-11(13)2/h6-9,11,13H,3-5H2,1-2H3/t11-,13+/m1/s1. The Balaban J connectivity index is 2.20. The summed E-state index contributed by atoms with van der Waals surface area (Å²) in [6.07, 6.45) is 4.22. The SMILES string of the molecule is Cc1ccc([C@H]2CCC[C@H]2C)cc1. The van der Waals surface area contributed by atoms with Crippen molar-refractivity contribution in [3.8, 4) is 0 Å². The third-order valence-corrected chi connectivity index (χ3v) is 3.37. The first kappa shape index (κ1) is 8.80. The van der Waals surface area contributed by atoms with Crippen LogP contribution in [0, 0.1) is 12.8 Å². The Bertz CT molecular complexity index is 271. The monoisotopic (exact) mass is 174 g/mol. The van der Waals surface area contributed by atoms with E-state index < -0.39 is 0 Å². The highest BCUT2D eigenvalue weighted by Gasteiger charge is 2.24. The fourth-order valence-corrected chi connectivity index (χ4v) is 2.45. The van der Waals surface area contributed by atoms with Crippen molar-refractivity contribution >= 4 is 0 Å². The van der Waals surface area contributed by atoms with Crippen LogP contribution >= 0.6 is 0 Å². The van der Waals surface area contributed by atoms with Gasteiger partial charge in [-0.15, -0.1) is 0 Å². The van der Waals surface area contributed by atoms with Crippen molar-refractivity contribution in [1.82, 2.24) is 0 Å². The molecule has 0 aliphatic heterocycles. The van der Waals surface area contributed by atoms with Gasteiger partial charge in [0.25, 0.3) is 0 Å². The smallest absolute Gasteiger partial charge is 0.0136 e. The largest absolute Gasteiger partial charge is 0.0619 e. The first-order valence-electron chi connectivity index (χ1n) is 5.34. The molecule has 1 aromatic rings.